The second-order valence-electron chi connectivity index (χ2n) is 7.01. The summed E-state index contributed by atoms with van der Waals surface area (Å²) in [5.74, 6) is 0.941. The van der Waals surface area contributed by atoms with Gasteiger partial charge >= 0.3 is 0 Å². The van der Waals surface area contributed by atoms with Crippen molar-refractivity contribution >= 4 is 16.6 Å². The van der Waals surface area contributed by atoms with Gasteiger partial charge in [0.05, 0.1) is 11.2 Å². The lowest BCUT2D eigenvalue weighted by molar-refractivity contribution is 0.171. The third-order valence-electron chi connectivity index (χ3n) is 5.29. The number of rotatable bonds is 3. The third kappa shape index (κ3) is 3.16. The zero-order chi connectivity index (χ0) is 19.7. The first-order chi connectivity index (χ1) is 13.6. The van der Waals surface area contributed by atoms with E-state index in [0.29, 0.717) is 13.1 Å². The van der Waals surface area contributed by atoms with Gasteiger partial charge in [0.15, 0.2) is 0 Å². The number of anilines is 1. The number of nitrogens with zero attached hydrogens (tertiary/aromatic N) is 3. The summed E-state index contributed by atoms with van der Waals surface area (Å²) in [6.45, 7) is 1.41. The molecule has 0 bridgehead atoms. The molecule has 1 N–H and O–H groups in total. The quantitative estimate of drug-likeness (QED) is 0.761. The second-order valence-corrected chi connectivity index (χ2v) is 7.01. The summed E-state index contributed by atoms with van der Waals surface area (Å²) in [6.07, 6.45) is 1.63. The molecule has 0 aliphatic carbocycles. The monoisotopic (exact) mass is 375 g/mol. The minimum Gasteiger partial charge on any atom is -0.508 e. The van der Waals surface area contributed by atoms with E-state index in [4.69, 9.17) is 4.74 Å². The number of fused-ring (bicyclic) bond motifs is 1. The van der Waals surface area contributed by atoms with Crippen molar-refractivity contribution in [2.75, 3.05) is 18.0 Å². The number of aryl methyl sites for hydroxylation is 1. The SMILES string of the molecule is Cn1c(=O)c(C#N)c(N2CCC(Oc3ccc(O)cc3)CC2)c2ccccc21. The molecule has 0 atom stereocenters. The highest BCUT2D eigenvalue weighted by atomic mass is 16.5. The predicted octanol–water partition coefficient (Wildman–Crippen LogP) is 3.16. The van der Waals surface area contributed by atoms with E-state index in [9.17, 15) is 15.2 Å². The van der Waals surface area contributed by atoms with Crippen molar-refractivity contribution in [3.63, 3.8) is 0 Å². The number of aromatic nitrogens is 1. The van der Waals surface area contributed by atoms with Gasteiger partial charge in [0.1, 0.15) is 29.2 Å². The predicted molar refractivity (Wildman–Crippen MR) is 108 cm³/mol. The van der Waals surface area contributed by atoms with Crippen LogP contribution in [0, 0.1) is 11.3 Å². The molecule has 3 aromatic rings. The van der Waals surface area contributed by atoms with Crippen LogP contribution in [0.4, 0.5) is 5.69 Å². The fourth-order valence-electron chi connectivity index (χ4n) is 3.82. The number of hydrogen-bond acceptors (Lipinski definition) is 5. The van der Waals surface area contributed by atoms with Crippen LogP contribution in [0.2, 0.25) is 0 Å². The number of piperidine rings is 1. The van der Waals surface area contributed by atoms with E-state index >= 15 is 0 Å². The van der Waals surface area contributed by atoms with Gasteiger partial charge in [0.2, 0.25) is 0 Å². The van der Waals surface area contributed by atoms with Gasteiger partial charge in [-0.15, -0.1) is 0 Å². The number of ether oxygens (including phenoxy) is 1. The van der Waals surface area contributed by atoms with Gasteiger partial charge in [0, 0.05) is 38.4 Å². The van der Waals surface area contributed by atoms with Crippen LogP contribution >= 0.6 is 0 Å². The molecule has 4 rings (SSSR count). The van der Waals surface area contributed by atoms with E-state index < -0.39 is 0 Å². The Morgan fingerprint density at radius 1 is 1.11 bits per heavy atom. The zero-order valence-electron chi connectivity index (χ0n) is 15.6. The van der Waals surface area contributed by atoms with Gasteiger partial charge in [-0.2, -0.15) is 5.26 Å². The Labute approximate surface area is 162 Å². The molecule has 6 nitrogen and oxygen atoms in total. The standard InChI is InChI=1S/C22H21N3O3/c1-24-20-5-3-2-4-18(20)21(19(14-23)22(24)27)25-12-10-17(11-13-25)28-16-8-6-15(26)7-9-16/h2-9,17,26H,10-13H2,1H3. The summed E-state index contributed by atoms with van der Waals surface area (Å²) >= 11 is 0. The lowest BCUT2D eigenvalue weighted by atomic mass is 10.0. The molecule has 2 aromatic carbocycles. The van der Waals surface area contributed by atoms with Crippen LogP contribution in [0.5, 0.6) is 11.5 Å². The number of hydrogen-bond donors (Lipinski definition) is 1. The molecule has 28 heavy (non-hydrogen) atoms. The van der Waals surface area contributed by atoms with Crippen molar-refractivity contribution in [1.82, 2.24) is 4.57 Å². The summed E-state index contributed by atoms with van der Waals surface area (Å²) in [5.41, 5.74) is 1.48. The van der Waals surface area contributed by atoms with Gasteiger partial charge in [-0.25, -0.2) is 0 Å². The van der Waals surface area contributed by atoms with Crippen LogP contribution < -0.4 is 15.2 Å². The van der Waals surface area contributed by atoms with Gasteiger partial charge in [-0.05, 0) is 30.3 Å². The lowest BCUT2D eigenvalue weighted by Crippen LogP contribution is -2.40. The zero-order valence-corrected chi connectivity index (χ0v) is 15.6. The van der Waals surface area contributed by atoms with Crippen LogP contribution in [-0.2, 0) is 7.05 Å². The molecule has 0 saturated carbocycles. The number of nitriles is 1. The molecule has 142 valence electrons. The number of phenols is 1. The van der Waals surface area contributed by atoms with Gasteiger partial charge in [0.25, 0.3) is 5.56 Å². The molecule has 1 saturated heterocycles. The van der Waals surface area contributed by atoms with Crippen LogP contribution in [-0.4, -0.2) is 28.9 Å². The molecule has 1 aromatic heterocycles. The first-order valence-electron chi connectivity index (χ1n) is 9.31. The fourth-order valence-corrected chi connectivity index (χ4v) is 3.82. The average Bonchev–Trinajstić information content (AvgIpc) is 2.73. The molecule has 6 heteroatoms. The summed E-state index contributed by atoms with van der Waals surface area (Å²) < 4.78 is 7.55. The van der Waals surface area contributed by atoms with Crippen LogP contribution in [0.15, 0.2) is 53.3 Å². The Morgan fingerprint density at radius 2 is 1.79 bits per heavy atom. The smallest absolute Gasteiger partial charge is 0.270 e. The van der Waals surface area contributed by atoms with Gasteiger partial charge in [-0.1, -0.05) is 18.2 Å². The van der Waals surface area contributed by atoms with Gasteiger partial charge in [-0.3, -0.25) is 4.79 Å². The number of para-hydroxylation sites is 1. The summed E-state index contributed by atoms with van der Waals surface area (Å²) in [4.78, 5) is 14.8. The molecule has 0 amide bonds. The number of aromatic hydroxyl groups is 1. The molecule has 0 unspecified atom stereocenters. The van der Waals surface area contributed by atoms with Crippen LogP contribution in [0.1, 0.15) is 18.4 Å². The van der Waals surface area contributed by atoms with E-state index in [1.54, 1.807) is 31.3 Å². The van der Waals surface area contributed by atoms with Crippen molar-refractivity contribution < 1.29 is 9.84 Å². The fraction of sp³-hybridized carbons (Fsp3) is 0.273. The average molecular weight is 375 g/mol. The highest BCUT2D eigenvalue weighted by Gasteiger charge is 2.26. The van der Waals surface area contributed by atoms with E-state index in [2.05, 4.69) is 11.0 Å². The maximum Gasteiger partial charge on any atom is 0.270 e. The molecule has 0 spiro atoms. The lowest BCUT2D eigenvalue weighted by Gasteiger charge is -2.35. The summed E-state index contributed by atoms with van der Waals surface area (Å²) in [5, 5.41) is 19.9. The molecule has 1 aliphatic heterocycles. The molecule has 1 aliphatic rings. The molecular weight excluding hydrogens is 354 g/mol. The molecule has 0 radical (unpaired) electrons. The van der Waals surface area contributed by atoms with E-state index in [0.717, 1.165) is 35.2 Å². The highest BCUT2D eigenvalue weighted by molar-refractivity contribution is 5.94. The van der Waals surface area contributed by atoms with E-state index in [1.807, 2.05) is 24.3 Å². The number of phenolic OH excluding ortho intramolecular Hbond substituents is 1. The maximum absolute atomic E-state index is 12.7. The maximum atomic E-state index is 12.7. The van der Waals surface area contributed by atoms with Crippen molar-refractivity contribution in [2.45, 2.75) is 18.9 Å². The summed E-state index contributed by atoms with van der Waals surface area (Å²) in [7, 11) is 1.70. The van der Waals surface area contributed by atoms with Crippen molar-refractivity contribution in [3.8, 4) is 17.6 Å². The van der Waals surface area contributed by atoms with Crippen molar-refractivity contribution in [1.29, 1.82) is 5.26 Å². The Kier molecular flexibility index (Phi) is 4.66. The first kappa shape index (κ1) is 17.9. The Bertz CT molecular complexity index is 1100. The minimum atomic E-state index is -0.265. The van der Waals surface area contributed by atoms with Crippen LogP contribution in [0.3, 0.4) is 0 Å². The number of pyridine rings is 1. The largest absolute Gasteiger partial charge is 0.508 e. The summed E-state index contributed by atoms with van der Waals surface area (Å²) in [6, 6.07) is 16.5. The third-order valence-corrected chi connectivity index (χ3v) is 5.29. The molecule has 2 heterocycles. The Balaban J connectivity index is 1.60. The molecular formula is C22H21N3O3. The Hall–Kier alpha value is -3.46. The van der Waals surface area contributed by atoms with Crippen molar-refractivity contribution in [2.24, 2.45) is 7.05 Å². The Morgan fingerprint density at radius 3 is 2.46 bits per heavy atom. The molecule has 1 fully saturated rings. The normalized spacial score (nSPS) is 14.8. The van der Waals surface area contributed by atoms with E-state index in [1.165, 1.54) is 4.57 Å². The van der Waals surface area contributed by atoms with E-state index in [-0.39, 0.29) is 23.0 Å². The minimum absolute atomic E-state index is 0.0594. The van der Waals surface area contributed by atoms with Gasteiger partial charge < -0.3 is 19.3 Å². The topological polar surface area (TPSA) is 78.5 Å². The van der Waals surface area contributed by atoms with Crippen LogP contribution in [0.25, 0.3) is 10.9 Å². The second kappa shape index (κ2) is 7.28. The number of benzene rings is 2. The van der Waals surface area contributed by atoms with Crippen molar-refractivity contribution in [3.05, 3.63) is 64.4 Å². The first-order valence-corrected chi connectivity index (χ1v) is 9.31. The highest BCUT2D eigenvalue weighted by Crippen LogP contribution is 2.31.